The maximum absolute atomic E-state index is 9.99. The van der Waals surface area contributed by atoms with Crippen molar-refractivity contribution in [2.24, 2.45) is 0 Å². The Bertz CT molecular complexity index is 108. The zero-order valence-corrected chi connectivity index (χ0v) is 6.17. The summed E-state index contributed by atoms with van der Waals surface area (Å²) >= 11 is 0. The van der Waals surface area contributed by atoms with E-state index in [1.54, 1.807) is 0 Å². The summed E-state index contributed by atoms with van der Waals surface area (Å²) in [6.45, 7) is 2.72. The smallest absolute Gasteiger partial charge is 0.207 e. The second-order valence-corrected chi connectivity index (χ2v) is 2.70. The summed E-state index contributed by atoms with van der Waals surface area (Å²) in [5.41, 5.74) is 0. The Morgan fingerprint density at radius 1 is 1.60 bits per heavy atom. The van der Waals surface area contributed by atoms with Crippen LogP contribution in [0, 0.1) is 0 Å². The van der Waals surface area contributed by atoms with E-state index in [1.807, 2.05) is 0 Å². The SMILES string of the molecule is C[C@H]1CCC(NC=O)CO1. The molecule has 1 unspecified atom stereocenters. The summed E-state index contributed by atoms with van der Waals surface area (Å²) < 4.78 is 5.32. The number of nitrogens with one attached hydrogen (secondary N) is 1. The van der Waals surface area contributed by atoms with E-state index in [4.69, 9.17) is 4.74 Å². The Morgan fingerprint density at radius 2 is 2.40 bits per heavy atom. The highest BCUT2D eigenvalue weighted by molar-refractivity contribution is 5.46. The van der Waals surface area contributed by atoms with Crippen LogP contribution in [-0.2, 0) is 9.53 Å². The van der Waals surface area contributed by atoms with Crippen LogP contribution in [0.5, 0.6) is 0 Å². The molecule has 0 bridgehead atoms. The topological polar surface area (TPSA) is 38.3 Å². The van der Waals surface area contributed by atoms with Gasteiger partial charge >= 0.3 is 0 Å². The third kappa shape index (κ3) is 1.99. The third-order valence-electron chi connectivity index (χ3n) is 1.81. The molecule has 1 aliphatic rings. The predicted molar refractivity (Wildman–Crippen MR) is 37.6 cm³/mol. The molecule has 3 heteroatoms. The van der Waals surface area contributed by atoms with Crippen molar-refractivity contribution in [1.82, 2.24) is 5.32 Å². The lowest BCUT2D eigenvalue weighted by Gasteiger charge is -2.25. The van der Waals surface area contributed by atoms with Gasteiger partial charge in [-0.25, -0.2) is 0 Å². The minimum Gasteiger partial charge on any atom is -0.376 e. The monoisotopic (exact) mass is 143 g/mol. The third-order valence-corrected chi connectivity index (χ3v) is 1.81. The lowest BCUT2D eigenvalue weighted by atomic mass is 10.1. The molecule has 0 aromatic carbocycles. The molecule has 1 amide bonds. The minimum absolute atomic E-state index is 0.244. The van der Waals surface area contributed by atoms with Crippen molar-refractivity contribution in [2.75, 3.05) is 6.61 Å². The molecule has 3 nitrogen and oxygen atoms in total. The average Bonchev–Trinajstić information content (AvgIpc) is 1.95. The van der Waals surface area contributed by atoms with Gasteiger partial charge < -0.3 is 10.1 Å². The van der Waals surface area contributed by atoms with Crippen molar-refractivity contribution in [1.29, 1.82) is 0 Å². The van der Waals surface area contributed by atoms with E-state index in [2.05, 4.69) is 12.2 Å². The molecule has 10 heavy (non-hydrogen) atoms. The minimum atomic E-state index is 0.244. The van der Waals surface area contributed by atoms with Crippen LogP contribution < -0.4 is 5.32 Å². The molecule has 0 spiro atoms. The van der Waals surface area contributed by atoms with E-state index in [0.717, 1.165) is 19.3 Å². The van der Waals surface area contributed by atoms with Crippen LogP contribution in [0.2, 0.25) is 0 Å². The normalized spacial score (nSPS) is 33.3. The molecule has 0 aromatic heterocycles. The Kier molecular flexibility index (Phi) is 2.68. The Morgan fingerprint density at radius 3 is 2.90 bits per heavy atom. The zero-order valence-electron chi connectivity index (χ0n) is 6.17. The van der Waals surface area contributed by atoms with Crippen LogP contribution in [0.25, 0.3) is 0 Å². The number of hydrogen-bond acceptors (Lipinski definition) is 2. The van der Waals surface area contributed by atoms with Crippen LogP contribution in [0.1, 0.15) is 19.8 Å². The average molecular weight is 143 g/mol. The van der Waals surface area contributed by atoms with Gasteiger partial charge in [-0.2, -0.15) is 0 Å². The van der Waals surface area contributed by atoms with Gasteiger partial charge in [0.05, 0.1) is 18.8 Å². The molecule has 1 N–H and O–H groups in total. The summed E-state index contributed by atoms with van der Waals surface area (Å²) in [4.78, 5) is 9.99. The van der Waals surface area contributed by atoms with E-state index in [-0.39, 0.29) is 6.04 Å². The van der Waals surface area contributed by atoms with Crippen LogP contribution in [0.3, 0.4) is 0 Å². The van der Waals surface area contributed by atoms with E-state index < -0.39 is 0 Å². The summed E-state index contributed by atoms with van der Waals surface area (Å²) in [7, 11) is 0. The molecule has 1 rings (SSSR count). The molecular weight excluding hydrogens is 130 g/mol. The van der Waals surface area contributed by atoms with Gasteiger partial charge in [0, 0.05) is 0 Å². The first-order valence-electron chi connectivity index (χ1n) is 3.64. The van der Waals surface area contributed by atoms with Crippen LogP contribution in [0.15, 0.2) is 0 Å². The molecular formula is C7H13NO2. The molecule has 1 heterocycles. The number of carbonyl (C=O) groups is 1. The standard InChI is InChI=1S/C7H13NO2/c1-6-2-3-7(4-10-6)8-5-9/h5-7H,2-4H2,1H3,(H,8,9)/t6-,7?/m0/s1. The van der Waals surface area contributed by atoms with Gasteiger partial charge in [0.25, 0.3) is 0 Å². The first-order chi connectivity index (χ1) is 4.83. The summed E-state index contributed by atoms with van der Waals surface area (Å²) in [5, 5.41) is 2.70. The fraction of sp³-hybridized carbons (Fsp3) is 0.857. The van der Waals surface area contributed by atoms with Gasteiger partial charge in [-0.05, 0) is 19.8 Å². The summed E-state index contributed by atoms with van der Waals surface area (Å²) in [6, 6.07) is 0.244. The van der Waals surface area contributed by atoms with E-state index in [9.17, 15) is 4.79 Å². The molecule has 2 atom stereocenters. The van der Waals surface area contributed by atoms with Crippen LogP contribution >= 0.6 is 0 Å². The maximum atomic E-state index is 9.99. The maximum Gasteiger partial charge on any atom is 0.207 e. The second-order valence-electron chi connectivity index (χ2n) is 2.70. The quantitative estimate of drug-likeness (QED) is 0.564. The van der Waals surface area contributed by atoms with Crippen molar-refractivity contribution in [3.63, 3.8) is 0 Å². The largest absolute Gasteiger partial charge is 0.376 e. The molecule has 1 aliphatic heterocycles. The molecule has 1 saturated heterocycles. The zero-order chi connectivity index (χ0) is 7.40. The number of carbonyl (C=O) groups excluding carboxylic acids is 1. The Labute approximate surface area is 60.7 Å². The molecule has 0 aromatic rings. The van der Waals surface area contributed by atoms with Gasteiger partial charge in [-0.15, -0.1) is 0 Å². The molecule has 1 fully saturated rings. The Balaban J connectivity index is 2.19. The highest BCUT2D eigenvalue weighted by atomic mass is 16.5. The second kappa shape index (κ2) is 3.56. The first-order valence-corrected chi connectivity index (χ1v) is 3.64. The molecule has 0 aliphatic carbocycles. The predicted octanol–water partition coefficient (Wildman–Crippen LogP) is 0.300. The van der Waals surface area contributed by atoms with Crippen molar-refractivity contribution in [3.05, 3.63) is 0 Å². The lowest BCUT2D eigenvalue weighted by Crippen LogP contribution is -2.38. The van der Waals surface area contributed by atoms with Gasteiger partial charge in [-0.3, -0.25) is 4.79 Å². The fourth-order valence-corrected chi connectivity index (χ4v) is 1.11. The van der Waals surface area contributed by atoms with Crippen molar-refractivity contribution >= 4 is 6.41 Å². The van der Waals surface area contributed by atoms with E-state index in [0.29, 0.717) is 12.7 Å². The van der Waals surface area contributed by atoms with Crippen LogP contribution in [-0.4, -0.2) is 25.2 Å². The van der Waals surface area contributed by atoms with Crippen molar-refractivity contribution in [3.8, 4) is 0 Å². The lowest BCUT2D eigenvalue weighted by molar-refractivity contribution is -0.111. The number of rotatable bonds is 2. The highest BCUT2D eigenvalue weighted by Crippen LogP contribution is 2.11. The van der Waals surface area contributed by atoms with Crippen molar-refractivity contribution in [2.45, 2.75) is 31.9 Å². The Hall–Kier alpha value is -0.570. The number of hydrogen-bond donors (Lipinski definition) is 1. The van der Waals surface area contributed by atoms with Crippen molar-refractivity contribution < 1.29 is 9.53 Å². The highest BCUT2D eigenvalue weighted by Gasteiger charge is 2.16. The van der Waals surface area contributed by atoms with E-state index in [1.165, 1.54) is 0 Å². The number of amides is 1. The van der Waals surface area contributed by atoms with Gasteiger partial charge in [0.1, 0.15) is 0 Å². The molecule has 58 valence electrons. The molecule has 0 radical (unpaired) electrons. The summed E-state index contributed by atoms with van der Waals surface area (Å²) in [6.07, 6.45) is 3.19. The summed E-state index contributed by atoms with van der Waals surface area (Å²) in [5.74, 6) is 0. The first kappa shape index (κ1) is 7.54. The number of ether oxygens (including phenoxy) is 1. The van der Waals surface area contributed by atoms with Gasteiger partial charge in [0.15, 0.2) is 0 Å². The van der Waals surface area contributed by atoms with Crippen LogP contribution in [0.4, 0.5) is 0 Å². The fourth-order valence-electron chi connectivity index (χ4n) is 1.11. The van der Waals surface area contributed by atoms with Gasteiger partial charge in [-0.1, -0.05) is 0 Å². The van der Waals surface area contributed by atoms with E-state index >= 15 is 0 Å². The van der Waals surface area contributed by atoms with Gasteiger partial charge in [0.2, 0.25) is 6.41 Å². The molecule has 0 saturated carbocycles.